The number of nitrogens with zero attached hydrogens (tertiary/aromatic N) is 1. The van der Waals surface area contributed by atoms with Gasteiger partial charge in [0, 0.05) is 5.56 Å². The van der Waals surface area contributed by atoms with Gasteiger partial charge in [-0.25, -0.2) is 5.43 Å². The normalized spacial score (nSPS) is 10.9. The maximum absolute atomic E-state index is 12.1. The largest absolute Gasteiger partial charge is 0.497 e. The SMILES string of the molecule is CCOc1ccc(OC)cc1C=NNC(=O)COc1cc(C(C)C)ccc1C. The van der Waals surface area contributed by atoms with E-state index in [0.717, 1.165) is 5.56 Å². The first-order valence-electron chi connectivity index (χ1n) is 9.30. The van der Waals surface area contributed by atoms with Crippen molar-refractivity contribution in [3.63, 3.8) is 0 Å². The van der Waals surface area contributed by atoms with Gasteiger partial charge in [0.2, 0.25) is 0 Å². The molecular formula is C22H28N2O4. The summed E-state index contributed by atoms with van der Waals surface area (Å²) in [5.41, 5.74) is 5.34. The summed E-state index contributed by atoms with van der Waals surface area (Å²) in [5.74, 6) is 2.10. The number of amides is 1. The van der Waals surface area contributed by atoms with E-state index in [9.17, 15) is 4.79 Å². The second-order valence-electron chi connectivity index (χ2n) is 6.60. The van der Waals surface area contributed by atoms with Gasteiger partial charge < -0.3 is 14.2 Å². The van der Waals surface area contributed by atoms with Crippen molar-refractivity contribution >= 4 is 12.1 Å². The summed E-state index contributed by atoms with van der Waals surface area (Å²) in [5, 5.41) is 4.00. The Morgan fingerprint density at radius 2 is 1.93 bits per heavy atom. The van der Waals surface area contributed by atoms with Crippen LogP contribution in [0.3, 0.4) is 0 Å². The van der Waals surface area contributed by atoms with Gasteiger partial charge in [0.05, 0.1) is 19.9 Å². The molecule has 150 valence electrons. The Labute approximate surface area is 166 Å². The zero-order valence-electron chi connectivity index (χ0n) is 17.1. The summed E-state index contributed by atoms with van der Waals surface area (Å²) >= 11 is 0. The first-order valence-corrected chi connectivity index (χ1v) is 9.30. The molecule has 0 aliphatic heterocycles. The summed E-state index contributed by atoms with van der Waals surface area (Å²) in [6, 6.07) is 11.4. The van der Waals surface area contributed by atoms with Crippen molar-refractivity contribution in [2.24, 2.45) is 5.10 Å². The van der Waals surface area contributed by atoms with Crippen molar-refractivity contribution in [3.8, 4) is 17.2 Å². The highest BCUT2D eigenvalue weighted by Gasteiger charge is 2.08. The van der Waals surface area contributed by atoms with E-state index in [0.29, 0.717) is 35.3 Å². The number of rotatable bonds is 9. The zero-order valence-corrected chi connectivity index (χ0v) is 17.1. The Morgan fingerprint density at radius 3 is 2.61 bits per heavy atom. The predicted octanol–water partition coefficient (Wildman–Crippen LogP) is 4.05. The number of ether oxygens (including phenoxy) is 3. The van der Waals surface area contributed by atoms with E-state index < -0.39 is 0 Å². The molecule has 0 unspecified atom stereocenters. The van der Waals surface area contributed by atoms with Crippen LogP contribution in [0.5, 0.6) is 17.2 Å². The Bertz CT molecular complexity index is 831. The number of benzene rings is 2. The van der Waals surface area contributed by atoms with Crippen LogP contribution in [0, 0.1) is 6.92 Å². The molecule has 0 bridgehead atoms. The highest BCUT2D eigenvalue weighted by molar-refractivity contribution is 5.86. The molecular weight excluding hydrogens is 356 g/mol. The molecule has 6 nitrogen and oxygen atoms in total. The predicted molar refractivity (Wildman–Crippen MR) is 111 cm³/mol. The number of hydrogen-bond acceptors (Lipinski definition) is 5. The van der Waals surface area contributed by atoms with E-state index in [4.69, 9.17) is 14.2 Å². The van der Waals surface area contributed by atoms with Crippen molar-refractivity contribution in [2.75, 3.05) is 20.3 Å². The van der Waals surface area contributed by atoms with Gasteiger partial charge in [0.25, 0.3) is 5.91 Å². The number of carbonyl (C=O) groups is 1. The van der Waals surface area contributed by atoms with Gasteiger partial charge in [-0.1, -0.05) is 26.0 Å². The van der Waals surface area contributed by atoms with Gasteiger partial charge >= 0.3 is 0 Å². The molecule has 0 radical (unpaired) electrons. The zero-order chi connectivity index (χ0) is 20.5. The number of methoxy groups -OCH3 is 1. The van der Waals surface area contributed by atoms with Crippen molar-refractivity contribution in [2.45, 2.75) is 33.6 Å². The topological polar surface area (TPSA) is 69.2 Å². The minimum Gasteiger partial charge on any atom is -0.497 e. The lowest BCUT2D eigenvalue weighted by Gasteiger charge is -2.12. The molecule has 0 aliphatic rings. The molecule has 28 heavy (non-hydrogen) atoms. The van der Waals surface area contributed by atoms with Crippen LogP contribution < -0.4 is 19.6 Å². The smallest absolute Gasteiger partial charge is 0.277 e. The summed E-state index contributed by atoms with van der Waals surface area (Å²) in [6.45, 7) is 8.50. The van der Waals surface area contributed by atoms with Crippen LogP contribution in [0.4, 0.5) is 0 Å². The Balaban J connectivity index is 1.97. The number of aryl methyl sites for hydroxylation is 1. The lowest BCUT2D eigenvalue weighted by Crippen LogP contribution is -2.24. The quantitative estimate of drug-likeness (QED) is 0.523. The molecule has 6 heteroatoms. The lowest BCUT2D eigenvalue weighted by atomic mass is 10.0. The average Bonchev–Trinajstić information content (AvgIpc) is 2.68. The van der Waals surface area contributed by atoms with E-state index >= 15 is 0 Å². The molecule has 1 N–H and O–H groups in total. The van der Waals surface area contributed by atoms with Gasteiger partial charge in [0.1, 0.15) is 17.2 Å². The average molecular weight is 384 g/mol. The molecule has 2 aromatic carbocycles. The summed E-state index contributed by atoms with van der Waals surface area (Å²) < 4.78 is 16.4. The Kier molecular flexibility index (Phi) is 7.87. The van der Waals surface area contributed by atoms with Crippen LogP contribution in [0.1, 0.15) is 43.4 Å². The fourth-order valence-corrected chi connectivity index (χ4v) is 2.52. The Morgan fingerprint density at radius 1 is 1.14 bits per heavy atom. The lowest BCUT2D eigenvalue weighted by molar-refractivity contribution is -0.123. The molecule has 0 saturated heterocycles. The Hall–Kier alpha value is -3.02. The van der Waals surface area contributed by atoms with Crippen molar-refractivity contribution in [3.05, 3.63) is 53.1 Å². The maximum Gasteiger partial charge on any atom is 0.277 e. The van der Waals surface area contributed by atoms with Crippen LogP contribution in [0.25, 0.3) is 0 Å². The highest BCUT2D eigenvalue weighted by Crippen LogP contribution is 2.24. The van der Waals surface area contributed by atoms with Crippen LogP contribution in [0.2, 0.25) is 0 Å². The molecule has 2 rings (SSSR count). The minimum atomic E-state index is -0.341. The molecule has 0 aromatic heterocycles. The molecule has 0 aliphatic carbocycles. The van der Waals surface area contributed by atoms with E-state index in [1.165, 1.54) is 11.8 Å². The monoisotopic (exact) mass is 384 g/mol. The summed E-state index contributed by atoms with van der Waals surface area (Å²) in [7, 11) is 1.59. The maximum atomic E-state index is 12.1. The van der Waals surface area contributed by atoms with E-state index in [-0.39, 0.29) is 12.5 Å². The van der Waals surface area contributed by atoms with E-state index in [2.05, 4.69) is 30.4 Å². The third-order valence-corrected chi connectivity index (χ3v) is 4.15. The van der Waals surface area contributed by atoms with E-state index in [1.807, 2.05) is 32.0 Å². The van der Waals surface area contributed by atoms with Crippen LogP contribution in [-0.2, 0) is 4.79 Å². The number of hydrazone groups is 1. The molecule has 0 heterocycles. The number of nitrogens with one attached hydrogen (secondary N) is 1. The second-order valence-corrected chi connectivity index (χ2v) is 6.60. The molecule has 2 aromatic rings. The highest BCUT2D eigenvalue weighted by atomic mass is 16.5. The van der Waals surface area contributed by atoms with Crippen molar-refractivity contribution in [1.29, 1.82) is 0 Å². The summed E-state index contributed by atoms with van der Waals surface area (Å²) in [6.07, 6.45) is 1.52. The molecule has 0 atom stereocenters. The number of hydrogen-bond donors (Lipinski definition) is 1. The first kappa shape index (κ1) is 21.3. The van der Waals surface area contributed by atoms with Gasteiger partial charge in [-0.2, -0.15) is 5.10 Å². The second kappa shape index (κ2) is 10.3. The minimum absolute atomic E-state index is 0.115. The fraction of sp³-hybridized carbons (Fsp3) is 0.364. The van der Waals surface area contributed by atoms with Gasteiger partial charge in [0.15, 0.2) is 6.61 Å². The van der Waals surface area contributed by atoms with Crippen LogP contribution in [0.15, 0.2) is 41.5 Å². The molecule has 0 saturated carbocycles. The molecule has 1 amide bonds. The molecule has 0 fully saturated rings. The van der Waals surface area contributed by atoms with Crippen molar-refractivity contribution in [1.82, 2.24) is 5.43 Å². The molecule has 0 spiro atoms. The first-order chi connectivity index (χ1) is 13.4. The van der Waals surface area contributed by atoms with Gasteiger partial charge in [-0.05, 0) is 55.2 Å². The standard InChI is InChI=1S/C22H28N2O4/c1-6-27-20-10-9-19(26-5)11-18(20)13-23-24-22(25)14-28-21-12-17(15(2)3)8-7-16(21)4/h7-13,15H,6,14H2,1-5H3,(H,24,25). The van der Waals surface area contributed by atoms with Crippen LogP contribution in [-0.4, -0.2) is 32.4 Å². The fourth-order valence-electron chi connectivity index (χ4n) is 2.52. The van der Waals surface area contributed by atoms with E-state index in [1.54, 1.807) is 19.2 Å². The van der Waals surface area contributed by atoms with Crippen LogP contribution >= 0.6 is 0 Å². The third-order valence-electron chi connectivity index (χ3n) is 4.15. The van der Waals surface area contributed by atoms with Gasteiger partial charge in [-0.3, -0.25) is 4.79 Å². The number of carbonyl (C=O) groups excluding carboxylic acids is 1. The van der Waals surface area contributed by atoms with Crippen molar-refractivity contribution < 1.29 is 19.0 Å². The van der Waals surface area contributed by atoms with Gasteiger partial charge in [-0.15, -0.1) is 0 Å². The third kappa shape index (κ3) is 6.01. The summed E-state index contributed by atoms with van der Waals surface area (Å²) in [4.78, 5) is 12.1.